The van der Waals surface area contributed by atoms with E-state index in [0.29, 0.717) is 12.4 Å². The molecule has 2 saturated heterocycles. The highest BCUT2D eigenvalue weighted by atomic mass is 16.7. The maximum atomic E-state index is 13.3. The molecule has 3 N–H and O–H groups in total. The van der Waals surface area contributed by atoms with Crippen LogP contribution in [0.4, 0.5) is 4.79 Å². The summed E-state index contributed by atoms with van der Waals surface area (Å²) in [5, 5.41) is 11.6. The normalized spacial score (nSPS) is 20.3. The molecule has 0 radical (unpaired) electrons. The van der Waals surface area contributed by atoms with Crippen molar-refractivity contribution in [3.63, 3.8) is 0 Å². The van der Waals surface area contributed by atoms with Crippen LogP contribution in [0.15, 0.2) is 42.6 Å². The van der Waals surface area contributed by atoms with Gasteiger partial charge < -0.3 is 29.6 Å². The number of aromatic amines is 1. The quantitative estimate of drug-likeness (QED) is 0.283. The summed E-state index contributed by atoms with van der Waals surface area (Å²) < 4.78 is 12.4. The second-order valence-corrected chi connectivity index (χ2v) is 12.8. The van der Waals surface area contributed by atoms with Crippen LogP contribution in [0.5, 0.6) is 0 Å². The fraction of sp³-hybridized carbons (Fsp3) is 0.452. The molecule has 6 rings (SSSR count). The lowest BCUT2D eigenvalue weighted by molar-refractivity contribution is -0.135. The van der Waals surface area contributed by atoms with Crippen molar-refractivity contribution in [2.24, 2.45) is 5.92 Å². The molecule has 2 fully saturated rings. The van der Waals surface area contributed by atoms with E-state index in [1.54, 1.807) is 11.1 Å². The average Bonchev–Trinajstić information content (AvgIpc) is 3.65. The van der Waals surface area contributed by atoms with Gasteiger partial charge in [-0.05, 0) is 76.2 Å². The standard InChI is InChI=1S/C31H37BN6O5/c1-17(2)26(37-29(40)41)28(39)38-13-7-8-25(38)27-35-21-11-9-18(14-23(21)36-27)24-16-33-22-15-19(10-12-20(22)34-24)32-42-30(3,4)31(5,6)43-32/h9-12,14-17,25-26,37H,7-8,13H2,1-6H3,(H,35,36)(H,40,41)/t25-,26-/m0/s1. The Hall–Kier alpha value is -4.03. The van der Waals surface area contributed by atoms with Gasteiger partial charge in [-0.1, -0.05) is 26.0 Å². The van der Waals surface area contributed by atoms with Crippen molar-refractivity contribution >= 4 is 46.6 Å². The first-order valence-corrected chi connectivity index (χ1v) is 14.8. The van der Waals surface area contributed by atoms with Gasteiger partial charge in [-0.3, -0.25) is 9.78 Å². The zero-order valence-electron chi connectivity index (χ0n) is 25.3. The summed E-state index contributed by atoms with van der Waals surface area (Å²) in [4.78, 5) is 44.2. The summed E-state index contributed by atoms with van der Waals surface area (Å²) in [5.41, 5.74) is 4.79. The Kier molecular flexibility index (Phi) is 7.17. The minimum atomic E-state index is -1.21. The van der Waals surface area contributed by atoms with Gasteiger partial charge in [0.1, 0.15) is 11.9 Å². The van der Waals surface area contributed by atoms with Gasteiger partial charge in [-0.25, -0.2) is 14.8 Å². The van der Waals surface area contributed by atoms with Crippen LogP contribution in [0.3, 0.4) is 0 Å². The van der Waals surface area contributed by atoms with E-state index >= 15 is 0 Å². The number of nitrogens with one attached hydrogen (secondary N) is 2. The monoisotopic (exact) mass is 584 g/mol. The molecule has 43 heavy (non-hydrogen) atoms. The first-order chi connectivity index (χ1) is 20.3. The second-order valence-electron chi connectivity index (χ2n) is 12.8. The molecule has 4 heterocycles. The number of amides is 2. The first-order valence-electron chi connectivity index (χ1n) is 14.8. The maximum Gasteiger partial charge on any atom is 0.494 e. The fourth-order valence-corrected chi connectivity index (χ4v) is 5.78. The summed E-state index contributed by atoms with van der Waals surface area (Å²) in [6, 6.07) is 10.7. The summed E-state index contributed by atoms with van der Waals surface area (Å²) in [7, 11) is -0.469. The molecule has 2 aromatic heterocycles. The largest absolute Gasteiger partial charge is 0.494 e. The molecule has 2 atom stereocenters. The molecule has 2 aliphatic rings. The van der Waals surface area contributed by atoms with Crippen LogP contribution in [0, 0.1) is 5.92 Å². The summed E-state index contributed by atoms with van der Waals surface area (Å²) in [6.45, 7) is 12.4. The Morgan fingerprint density at radius 1 is 1.05 bits per heavy atom. The summed E-state index contributed by atoms with van der Waals surface area (Å²) >= 11 is 0. The van der Waals surface area contributed by atoms with E-state index in [1.807, 2.05) is 77.9 Å². The van der Waals surface area contributed by atoms with Gasteiger partial charge in [-0.15, -0.1) is 0 Å². The predicted molar refractivity (Wildman–Crippen MR) is 164 cm³/mol. The molecule has 0 unspecified atom stereocenters. The highest BCUT2D eigenvalue weighted by Crippen LogP contribution is 2.37. The van der Waals surface area contributed by atoms with Crippen molar-refractivity contribution in [2.45, 2.75) is 77.7 Å². The van der Waals surface area contributed by atoms with Crippen molar-refractivity contribution < 1.29 is 24.0 Å². The Labute approximate surface area is 250 Å². The highest BCUT2D eigenvalue weighted by Gasteiger charge is 2.51. The minimum Gasteiger partial charge on any atom is -0.465 e. The van der Waals surface area contributed by atoms with Crippen LogP contribution < -0.4 is 10.8 Å². The number of fused-ring (bicyclic) bond motifs is 2. The summed E-state index contributed by atoms with van der Waals surface area (Å²) in [6.07, 6.45) is 2.12. The maximum absolute atomic E-state index is 13.3. The smallest absolute Gasteiger partial charge is 0.465 e. The molecule has 4 aromatic rings. The lowest BCUT2D eigenvalue weighted by Crippen LogP contribution is -2.50. The number of carbonyl (C=O) groups excluding carboxylic acids is 1. The molecule has 2 aliphatic heterocycles. The number of benzene rings is 2. The van der Waals surface area contributed by atoms with Crippen molar-refractivity contribution in [1.82, 2.24) is 30.2 Å². The van der Waals surface area contributed by atoms with Gasteiger partial charge in [0.15, 0.2) is 0 Å². The molecule has 2 amide bonds. The minimum absolute atomic E-state index is 0.179. The number of hydrogen-bond donors (Lipinski definition) is 3. The van der Waals surface area contributed by atoms with Crippen LogP contribution >= 0.6 is 0 Å². The van der Waals surface area contributed by atoms with Gasteiger partial charge >= 0.3 is 13.2 Å². The van der Waals surface area contributed by atoms with Crippen LogP contribution in [0.25, 0.3) is 33.3 Å². The number of H-pyrrole nitrogens is 1. The van der Waals surface area contributed by atoms with Crippen LogP contribution in [-0.2, 0) is 14.1 Å². The molecule has 11 nitrogen and oxygen atoms in total. The predicted octanol–water partition coefficient (Wildman–Crippen LogP) is 4.43. The molecule has 12 heteroatoms. The lowest BCUT2D eigenvalue weighted by atomic mass is 9.79. The van der Waals surface area contributed by atoms with Crippen molar-refractivity contribution in [2.75, 3.05) is 6.54 Å². The number of likely N-dealkylation sites (tertiary alicyclic amines) is 1. The van der Waals surface area contributed by atoms with E-state index < -0.39 is 30.5 Å². The molecule has 0 aliphatic carbocycles. The molecule has 0 bridgehead atoms. The second kappa shape index (κ2) is 10.6. The van der Waals surface area contributed by atoms with E-state index in [-0.39, 0.29) is 17.9 Å². The molecule has 0 spiro atoms. The number of nitrogens with zero attached hydrogens (tertiary/aromatic N) is 4. The number of aromatic nitrogens is 4. The Bertz CT molecular complexity index is 1700. The van der Waals surface area contributed by atoms with E-state index in [1.165, 1.54) is 0 Å². The lowest BCUT2D eigenvalue weighted by Gasteiger charge is -2.32. The zero-order valence-corrected chi connectivity index (χ0v) is 25.3. The Morgan fingerprint density at radius 2 is 1.77 bits per heavy atom. The van der Waals surface area contributed by atoms with E-state index in [4.69, 9.17) is 24.3 Å². The third-order valence-corrected chi connectivity index (χ3v) is 8.95. The van der Waals surface area contributed by atoms with Crippen molar-refractivity contribution in [3.05, 3.63) is 48.4 Å². The van der Waals surface area contributed by atoms with Crippen LogP contribution in [0.1, 0.15) is 66.3 Å². The molecular weight excluding hydrogens is 547 g/mol. The van der Waals surface area contributed by atoms with E-state index in [9.17, 15) is 14.7 Å². The van der Waals surface area contributed by atoms with Crippen molar-refractivity contribution in [3.8, 4) is 11.3 Å². The number of imidazole rings is 1. The number of rotatable bonds is 6. The Morgan fingerprint density at radius 3 is 2.47 bits per heavy atom. The topological polar surface area (TPSA) is 143 Å². The number of carboxylic acid groups (broad SMARTS) is 1. The number of carbonyl (C=O) groups is 2. The average molecular weight is 584 g/mol. The van der Waals surface area contributed by atoms with Crippen LogP contribution in [-0.4, -0.2) is 72.8 Å². The first kappa shape index (κ1) is 29.1. The van der Waals surface area contributed by atoms with Crippen molar-refractivity contribution in [1.29, 1.82) is 0 Å². The van der Waals surface area contributed by atoms with Gasteiger partial charge in [0.25, 0.3) is 0 Å². The van der Waals surface area contributed by atoms with Gasteiger partial charge in [0, 0.05) is 12.1 Å². The van der Waals surface area contributed by atoms with E-state index in [2.05, 4.69) is 10.3 Å². The fourth-order valence-electron chi connectivity index (χ4n) is 5.78. The third-order valence-electron chi connectivity index (χ3n) is 8.95. The molecule has 2 aromatic carbocycles. The summed E-state index contributed by atoms with van der Waals surface area (Å²) in [5.74, 6) is 0.284. The van der Waals surface area contributed by atoms with Crippen LogP contribution in [0.2, 0.25) is 0 Å². The molecule has 0 saturated carbocycles. The van der Waals surface area contributed by atoms with Gasteiger partial charge in [0.2, 0.25) is 5.91 Å². The van der Waals surface area contributed by atoms with E-state index in [0.717, 1.165) is 51.6 Å². The van der Waals surface area contributed by atoms with Gasteiger partial charge in [0.05, 0.1) is 51.2 Å². The molecular formula is C31H37BN6O5. The molecule has 224 valence electrons. The number of hydrogen-bond acceptors (Lipinski definition) is 7. The van der Waals surface area contributed by atoms with Gasteiger partial charge in [-0.2, -0.15) is 0 Å². The Balaban J connectivity index is 1.24. The zero-order chi connectivity index (χ0) is 30.7. The SMILES string of the molecule is CC(C)[C@H](NC(=O)O)C(=O)N1CCC[C@H]1c1nc2ccc(-c3cnc4cc(B5OC(C)(C)C(C)(C)O5)ccc4n3)cc2[nH]1. The third kappa shape index (κ3) is 5.34. The highest BCUT2D eigenvalue weighted by molar-refractivity contribution is 6.62.